The molecular weight excluding hydrogens is 318 g/mol. The van der Waals surface area contributed by atoms with Crippen molar-refractivity contribution in [3.63, 3.8) is 0 Å². The van der Waals surface area contributed by atoms with Crippen molar-refractivity contribution >= 4 is 11.6 Å². The maximum Gasteiger partial charge on any atom is 0.266 e. The summed E-state index contributed by atoms with van der Waals surface area (Å²) >= 11 is 0. The van der Waals surface area contributed by atoms with Crippen LogP contribution in [0.4, 0.5) is 5.95 Å². The average molecular weight is 339 g/mol. The molecule has 4 rings (SSSR count). The van der Waals surface area contributed by atoms with Gasteiger partial charge in [-0.3, -0.25) is 14.1 Å². The quantitative estimate of drug-likeness (QED) is 0.686. The first-order valence-electron chi connectivity index (χ1n) is 8.52. The van der Waals surface area contributed by atoms with Crippen LogP contribution in [-0.2, 0) is 6.54 Å². The standard InChI is InChI=1S/C17H21N7O/c1-14-5-6-16(25)24(20-14)13-10-21-8-11-22(12-9-21)17-19-18-15-4-2-3-7-23(15)17/h2-7H,8-13H2,1H3. The van der Waals surface area contributed by atoms with Gasteiger partial charge < -0.3 is 4.90 Å². The zero-order valence-electron chi connectivity index (χ0n) is 14.2. The third kappa shape index (κ3) is 3.25. The molecule has 0 atom stereocenters. The number of aryl methyl sites for hydroxylation is 1. The van der Waals surface area contributed by atoms with Crippen LogP contribution in [0.3, 0.4) is 0 Å². The summed E-state index contributed by atoms with van der Waals surface area (Å²) in [6, 6.07) is 9.24. The van der Waals surface area contributed by atoms with Crippen molar-refractivity contribution in [2.24, 2.45) is 0 Å². The highest BCUT2D eigenvalue weighted by Crippen LogP contribution is 2.15. The second-order valence-corrected chi connectivity index (χ2v) is 6.29. The van der Waals surface area contributed by atoms with Gasteiger partial charge in [0.1, 0.15) is 0 Å². The largest absolute Gasteiger partial charge is 0.338 e. The minimum atomic E-state index is -0.0424. The Labute approximate surface area is 145 Å². The SMILES string of the molecule is Cc1ccc(=O)n(CCN2CCN(c3nnc4ccccn34)CC2)n1. The molecule has 1 fully saturated rings. The van der Waals surface area contributed by atoms with Gasteiger partial charge in [0, 0.05) is 45.0 Å². The van der Waals surface area contributed by atoms with Gasteiger partial charge in [0.05, 0.1) is 12.2 Å². The molecule has 1 aliphatic rings. The van der Waals surface area contributed by atoms with E-state index in [1.165, 1.54) is 0 Å². The van der Waals surface area contributed by atoms with Crippen molar-refractivity contribution in [2.45, 2.75) is 13.5 Å². The number of hydrogen-bond donors (Lipinski definition) is 0. The average Bonchev–Trinajstić information content (AvgIpc) is 3.07. The van der Waals surface area contributed by atoms with Crippen LogP contribution in [0.1, 0.15) is 5.69 Å². The normalized spacial score (nSPS) is 15.8. The monoisotopic (exact) mass is 339 g/mol. The highest BCUT2D eigenvalue weighted by Gasteiger charge is 2.20. The molecule has 4 heterocycles. The lowest BCUT2D eigenvalue weighted by molar-refractivity contribution is 0.241. The molecule has 0 radical (unpaired) electrons. The van der Waals surface area contributed by atoms with E-state index in [2.05, 4.69) is 25.1 Å². The van der Waals surface area contributed by atoms with E-state index in [0.29, 0.717) is 6.54 Å². The highest BCUT2D eigenvalue weighted by molar-refractivity contribution is 5.46. The Hall–Kier alpha value is -2.74. The molecule has 0 amide bonds. The lowest BCUT2D eigenvalue weighted by atomic mass is 10.3. The summed E-state index contributed by atoms with van der Waals surface area (Å²) < 4.78 is 3.57. The Kier molecular flexibility index (Phi) is 4.19. The van der Waals surface area contributed by atoms with Crippen LogP contribution in [-0.4, -0.2) is 62.0 Å². The third-order valence-electron chi connectivity index (χ3n) is 4.58. The Morgan fingerprint density at radius 1 is 1.00 bits per heavy atom. The van der Waals surface area contributed by atoms with Crippen LogP contribution in [0, 0.1) is 6.92 Å². The first kappa shape index (κ1) is 15.8. The number of fused-ring (bicyclic) bond motifs is 1. The topological polar surface area (TPSA) is 71.6 Å². The first-order chi connectivity index (χ1) is 12.2. The van der Waals surface area contributed by atoms with Gasteiger partial charge >= 0.3 is 0 Å². The van der Waals surface area contributed by atoms with Gasteiger partial charge in [-0.25, -0.2) is 4.68 Å². The van der Waals surface area contributed by atoms with Crippen molar-refractivity contribution < 1.29 is 0 Å². The van der Waals surface area contributed by atoms with E-state index >= 15 is 0 Å². The smallest absolute Gasteiger partial charge is 0.266 e. The van der Waals surface area contributed by atoms with E-state index in [1.807, 2.05) is 35.7 Å². The number of piperazine rings is 1. The molecule has 1 aliphatic heterocycles. The van der Waals surface area contributed by atoms with E-state index < -0.39 is 0 Å². The summed E-state index contributed by atoms with van der Waals surface area (Å²) in [5, 5.41) is 12.8. The molecule has 8 nitrogen and oxygen atoms in total. The molecule has 0 spiro atoms. The molecule has 0 aromatic carbocycles. The molecule has 130 valence electrons. The fourth-order valence-corrected chi connectivity index (χ4v) is 3.16. The molecular formula is C17H21N7O. The molecule has 0 saturated carbocycles. The van der Waals surface area contributed by atoms with Crippen LogP contribution in [0.25, 0.3) is 5.65 Å². The second kappa shape index (κ2) is 6.64. The van der Waals surface area contributed by atoms with Gasteiger partial charge in [0.2, 0.25) is 5.95 Å². The van der Waals surface area contributed by atoms with Crippen LogP contribution in [0.5, 0.6) is 0 Å². The van der Waals surface area contributed by atoms with E-state index in [0.717, 1.165) is 50.0 Å². The number of aromatic nitrogens is 5. The first-order valence-corrected chi connectivity index (χ1v) is 8.52. The molecule has 1 saturated heterocycles. The molecule has 25 heavy (non-hydrogen) atoms. The van der Waals surface area contributed by atoms with Gasteiger partial charge in [-0.05, 0) is 25.1 Å². The Morgan fingerprint density at radius 2 is 1.84 bits per heavy atom. The van der Waals surface area contributed by atoms with Gasteiger partial charge in [0.25, 0.3) is 5.56 Å². The van der Waals surface area contributed by atoms with E-state index in [-0.39, 0.29) is 5.56 Å². The fraction of sp³-hybridized carbons (Fsp3) is 0.412. The molecule has 8 heteroatoms. The van der Waals surface area contributed by atoms with Crippen molar-refractivity contribution in [1.29, 1.82) is 0 Å². The second-order valence-electron chi connectivity index (χ2n) is 6.29. The molecule has 3 aromatic heterocycles. The molecule has 0 N–H and O–H groups in total. The number of hydrogen-bond acceptors (Lipinski definition) is 6. The number of anilines is 1. The van der Waals surface area contributed by atoms with Gasteiger partial charge in [-0.15, -0.1) is 10.2 Å². The van der Waals surface area contributed by atoms with Crippen molar-refractivity contribution in [1.82, 2.24) is 29.3 Å². The lowest BCUT2D eigenvalue weighted by Crippen LogP contribution is -2.48. The molecule has 3 aromatic rings. The number of pyridine rings is 1. The van der Waals surface area contributed by atoms with Crippen LogP contribution in [0.15, 0.2) is 41.3 Å². The Morgan fingerprint density at radius 3 is 2.68 bits per heavy atom. The van der Waals surface area contributed by atoms with Crippen LogP contribution in [0.2, 0.25) is 0 Å². The summed E-state index contributed by atoms with van der Waals surface area (Å²) in [7, 11) is 0. The summed E-state index contributed by atoms with van der Waals surface area (Å²) in [5.74, 6) is 0.895. The summed E-state index contributed by atoms with van der Waals surface area (Å²) in [5.41, 5.74) is 1.69. The third-order valence-corrected chi connectivity index (χ3v) is 4.58. The predicted octanol–water partition coefficient (Wildman–Crippen LogP) is 0.417. The van der Waals surface area contributed by atoms with Crippen molar-refractivity contribution in [3.05, 3.63) is 52.6 Å². The maximum atomic E-state index is 11.8. The predicted molar refractivity (Wildman–Crippen MR) is 94.9 cm³/mol. The fourth-order valence-electron chi connectivity index (χ4n) is 3.16. The van der Waals surface area contributed by atoms with Gasteiger partial charge in [-0.2, -0.15) is 5.10 Å². The van der Waals surface area contributed by atoms with Crippen molar-refractivity contribution in [3.8, 4) is 0 Å². The Balaban J connectivity index is 1.37. The lowest BCUT2D eigenvalue weighted by Gasteiger charge is -2.34. The Bertz CT molecular complexity index is 924. The zero-order valence-corrected chi connectivity index (χ0v) is 14.2. The molecule has 0 bridgehead atoms. The van der Waals surface area contributed by atoms with Crippen LogP contribution < -0.4 is 10.5 Å². The van der Waals surface area contributed by atoms with Crippen molar-refractivity contribution in [2.75, 3.05) is 37.6 Å². The molecule has 0 unspecified atom stereocenters. The highest BCUT2D eigenvalue weighted by atomic mass is 16.1. The summed E-state index contributed by atoms with van der Waals surface area (Å²) in [4.78, 5) is 16.4. The maximum absolute atomic E-state index is 11.8. The number of nitrogens with zero attached hydrogens (tertiary/aromatic N) is 7. The van der Waals surface area contributed by atoms with Crippen LogP contribution >= 0.6 is 0 Å². The van der Waals surface area contributed by atoms with E-state index in [1.54, 1.807) is 16.8 Å². The minimum Gasteiger partial charge on any atom is -0.338 e. The van der Waals surface area contributed by atoms with E-state index in [4.69, 9.17) is 0 Å². The molecule has 0 aliphatic carbocycles. The minimum absolute atomic E-state index is 0.0424. The van der Waals surface area contributed by atoms with Gasteiger partial charge in [-0.1, -0.05) is 6.07 Å². The summed E-state index contributed by atoms with van der Waals surface area (Å²) in [6.07, 6.45) is 1.99. The summed E-state index contributed by atoms with van der Waals surface area (Å²) in [6.45, 7) is 7.00. The zero-order chi connectivity index (χ0) is 17.2. The van der Waals surface area contributed by atoms with E-state index in [9.17, 15) is 4.79 Å². The number of rotatable bonds is 4. The van der Waals surface area contributed by atoms with Gasteiger partial charge in [0.15, 0.2) is 5.65 Å².